The molecule has 100 valence electrons. The Morgan fingerprint density at radius 2 is 1.72 bits per heavy atom. The normalized spacial score (nSPS) is 10.7. The highest BCUT2D eigenvalue weighted by molar-refractivity contribution is 5.94. The fourth-order valence-electron chi connectivity index (χ4n) is 1.70. The summed E-state index contributed by atoms with van der Waals surface area (Å²) in [6.07, 6.45) is 0.224. The Morgan fingerprint density at radius 1 is 1.17 bits per heavy atom. The first-order valence-corrected chi connectivity index (χ1v) is 6.58. The molecule has 0 radical (unpaired) electrons. The number of benzene rings is 1. The highest BCUT2D eigenvalue weighted by atomic mass is 16.5. The monoisotopic (exact) mass is 249 g/mol. The van der Waals surface area contributed by atoms with Crippen molar-refractivity contribution in [1.82, 2.24) is 4.90 Å². The van der Waals surface area contributed by atoms with Gasteiger partial charge in [-0.3, -0.25) is 4.79 Å². The average Bonchev–Trinajstić information content (AvgIpc) is 2.38. The molecule has 0 aliphatic rings. The number of amides is 1. The van der Waals surface area contributed by atoms with E-state index in [9.17, 15) is 4.79 Å². The summed E-state index contributed by atoms with van der Waals surface area (Å²) in [6, 6.07) is 7.66. The zero-order chi connectivity index (χ0) is 13.5. The lowest BCUT2D eigenvalue weighted by Gasteiger charge is -2.18. The standard InChI is InChI=1S/C15H23NO2/c1-5-16(6-2)15(17)14-9-7-13(8-10-14)11-18-12(3)4/h7-10,12H,5-6,11H2,1-4H3. The summed E-state index contributed by atoms with van der Waals surface area (Å²) in [6.45, 7) is 10.1. The molecule has 1 amide bonds. The van der Waals surface area contributed by atoms with Crippen molar-refractivity contribution in [3.8, 4) is 0 Å². The molecule has 0 aromatic heterocycles. The molecule has 0 heterocycles. The van der Waals surface area contributed by atoms with Crippen LogP contribution in [0.25, 0.3) is 0 Å². The molecule has 0 saturated carbocycles. The van der Waals surface area contributed by atoms with Crippen LogP contribution in [0.4, 0.5) is 0 Å². The van der Waals surface area contributed by atoms with Crippen molar-refractivity contribution in [3.05, 3.63) is 35.4 Å². The van der Waals surface area contributed by atoms with Gasteiger partial charge in [0.25, 0.3) is 5.91 Å². The second-order valence-electron chi connectivity index (χ2n) is 4.53. The van der Waals surface area contributed by atoms with Gasteiger partial charge in [0.15, 0.2) is 0 Å². The second-order valence-corrected chi connectivity index (χ2v) is 4.53. The molecule has 1 aromatic rings. The van der Waals surface area contributed by atoms with E-state index in [0.717, 1.165) is 24.2 Å². The van der Waals surface area contributed by atoms with Gasteiger partial charge in [0.1, 0.15) is 0 Å². The molecule has 3 nitrogen and oxygen atoms in total. The minimum atomic E-state index is 0.0938. The van der Waals surface area contributed by atoms with Crippen molar-refractivity contribution in [2.75, 3.05) is 13.1 Å². The molecule has 0 atom stereocenters. The van der Waals surface area contributed by atoms with E-state index in [-0.39, 0.29) is 12.0 Å². The van der Waals surface area contributed by atoms with Crippen LogP contribution in [0.3, 0.4) is 0 Å². The molecule has 0 fully saturated rings. The van der Waals surface area contributed by atoms with Crippen LogP contribution in [0.2, 0.25) is 0 Å². The van der Waals surface area contributed by atoms with Gasteiger partial charge < -0.3 is 9.64 Å². The topological polar surface area (TPSA) is 29.5 Å². The van der Waals surface area contributed by atoms with Crippen molar-refractivity contribution in [2.45, 2.75) is 40.4 Å². The Labute approximate surface area is 110 Å². The molecule has 1 aromatic carbocycles. The molecule has 0 bridgehead atoms. The maximum absolute atomic E-state index is 12.1. The van der Waals surface area contributed by atoms with Gasteiger partial charge in [-0.25, -0.2) is 0 Å². The van der Waals surface area contributed by atoms with Crippen LogP contribution in [-0.4, -0.2) is 30.0 Å². The summed E-state index contributed by atoms with van der Waals surface area (Å²) in [5.74, 6) is 0.0938. The van der Waals surface area contributed by atoms with Gasteiger partial charge in [-0.1, -0.05) is 12.1 Å². The molecule has 1 rings (SSSR count). The minimum absolute atomic E-state index is 0.0938. The van der Waals surface area contributed by atoms with Crippen molar-refractivity contribution >= 4 is 5.91 Å². The molecular weight excluding hydrogens is 226 g/mol. The van der Waals surface area contributed by atoms with E-state index in [1.165, 1.54) is 0 Å². The van der Waals surface area contributed by atoms with E-state index in [4.69, 9.17) is 4.74 Å². The lowest BCUT2D eigenvalue weighted by Crippen LogP contribution is -2.30. The molecule has 18 heavy (non-hydrogen) atoms. The van der Waals surface area contributed by atoms with Gasteiger partial charge in [-0.2, -0.15) is 0 Å². The first-order valence-electron chi connectivity index (χ1n) is 6.58. The summed E-state index contributed by atoms with van der Waals surface area (Å²) in [5, 5.41) is 0. The summed E-state index contributed by atoms with van der Waals surface area (Å²) >= 11 is 0. The third kappa shape index (κ3) is 4.15. The number of hydrogen-bond donors (Lipinski definition) is 0. The SMILES string of the molecule is CCN(CC)C(=O)c1ccc(COC(C)C)cc1. The highest BCUT2D eigenvalue weighted by Gasteiger charge is 2.11. The van der Waals surface area contributed by atoms with E-state index < -0.39 is 0 Å². The Morgan fingerprint density at radius 3 is 2.17 bits per heavy atom. The molecule has 0 saturated heterocycles. The van der Waals surface area contributed by atoms with Crippen LogP contribution in [0.1, 0.15) is 43.6 Å². The largest absolute Gasteiger partial charge is 0.374 e. The molecule has 0 unspecified atom stereocenters. The predicted octanol–water partition coefficient (Wildman–Crippen LogP) is 3.09. The van der Waals surface area contributed by atoms with Crippen LogP contribution in [0.15, 0.2) is 24.3 Å². The smallest absolute Gasteiger partial charge is 0.253 e. The maximum atomic E-state index is 12.1. The third-order valence-electron chi connectivity index (χ3n) is 2.83. The average molecular weight is 249 g/mol. The summed E-state index contributed by atoms with van der Waals surface area (Å²) in [5.41, 5.74) is 1.84. The van der Waals surface area contributed by atoms with E-state index in [0.29, 0.717) is 6.61 Å². The second kappa shape index (κ2) is 7.17. The number of carbonyl (C=O) groups excluding carboxylic acids is 1. The van der Waals surface area contributed by atoms with Crippen LogP contribution >= 0.6 is 0 Å². The van der Waals surface area contributed by atoms with E-state index in [1.54, 1.807) is 0 Å². The Hall–Kier alpha value is -1.35. The molecule has 0 N–H and O–H groups in total. The number of nitrogens with zero attached hydrogens (tertiary/aromatic N) is 1. The lowest BCUT2D eigenvalue weighted by atomic mass is 10.1. The quantitative estimate of drug-likeness (QED) is 0.775. The zero-order valence-corrected chi connectivity index (χ0v) is 11.8. The van der Waals surface area contributed by atoms with Gasteiger partial charge >= 0.3 is 0 Å². The van der Waals surface area contributed by atoms with Crippen molar-refractivity contribution in [2.24, 2.45) is 0 Å². The Bertz CT molecular complexity index is 367. The molecule has 0 aliphatic carbocycles. The van der Waals surface area contributed by atoms with Gasteiger partial charge in [0, 0.05) is 18.7 Å². The summed E-state index contributed by atoms with van der Waals surface area (Å²) in [4.78, 5) is 13.9. The van der Waals surface area contributed by atoms with E-state index >= 15 is 0 Å². The zero-order valence-electron chi connectivity index (χ0n) is 11.8. The van der Waals surface area contributed by atoms with Gasteiger partial charge in [-0.15, -0.1) is 0 Å². The molecular formula is C15H23NO2. The number of carbonyl (C=O) groups is 1. The minimum Gasteiger partial charge on any atom is -0.374 e. The Balaban J connectivity index is 2.67. The van der Waals surface area contributed by atoms with Crippen molar-refractivity contribution in [1.29, 1.82) is 0 Å². The lowest BCUT2D eigenvalue weighted by molar-refractivity contribution is 0.0656. The number of ether oxygens (including phenoxy) is 1. The van der Waals surface area contributed by atoms with Gasteiger partial charge in [0.05, 0.1) is 12.7 Å². The van der Waals surface area contributed by atoms with Crippen LogP contribution in [-0.2, 0) is 11.3 Å². The number of rotatable bonds is 6. The van der Waals surface area contributed by atoms with E-state index in [2.05, 4.69) is 0 Å². The van der Waals surface area contributed by atoms with Crippen LogP contribution in [0, 0.1) is 0 Å². The molecule has 0 aliphatic heterocycles. The fourth-order valence-corrected chi connectivity index (χ4v) is 1.70. The van der Waals surface area contributed by atoms with Crippen molar-refractivity contribution < 1.29 is 9.53 Å². The van der Waals surface area contributed by atoms with Crippen LogP contribution in [0.5, 0.6) is 0 Å². The van der Waals surface area contributed by atoms with Crippen LogP contribution < -0.4 is 0 Å². The Kier molecular flexibility index (Phi) is 5.86. The molecule has 0 spiro atoms. The maximum Gasteiger partial charge on any atom is 0.253 e. The highest BCUT2D eigenvalue weighted by Crippen LogP contribution is 2.09. The first kappa shape index (κ1) is 14.7. The summed E-state index contributed by atoms with van der Waals surface area (Å²) < 4.78 is 5.52. The van der Waals surface area contributed by atoms with E-state index in [1.807, 2.05) is 56.9 Å². The first-order chi connectivity index (χ1) is 8.58. The predicted molar refractivity (Wildman–Crippen MR) is 73.6 cm³/mol. The number of hydrogen-bond acceptors (Lipinski definition) is 2. The van der Waals surface area contributed by atoms with Crippen molar-refractivity contribution in [3.63, 3.8) is 0 Å². The van der Waals surface area contributed by atoms with Gasteiger partial charge in [0.2, 0.25) is 0 Å². The summed E-state index contributed by atoms with van der Waals surface area (Å²) in [7, 11) is 0. The third-order valence-corrected chi connectivity index (χ3v) is 2.83. The van der Waals surface area contributed by atoms with Gasteiger partial charge in [-0.05, 0) is 45.4 Å². The fraction of sp³-hybridized carbons (Fsp3) is 0.533. The molecule has 3 heteroatoms.